The third-order valence-corrected chi connectivity index (χ3v) is 15.3. The average molecular weight is 698 g/mol. The first-order valence-electron chi connectivity index (χ1n) is 8.34. The molecule has 1 aliphatic carbocycles. The van der Waals surface area contributed by atoms with Crippen LogP contribution in [0.3, 0.4) is 0 Å². The molecule has 22 heavy (non-hydrogen) atoms. The SMILES string of the molecule is BrC1(Br)CCCCCCCCCCCCCC(Br)(Br)C1(Br)Br. The van der Waals surface area contributed by atoms with Crippen molar-refractivity contribution in [3.63, 3.8) is 0 Å². The van der Waals surface area contributed by atoms with Crippen molar-refractivity contribution >= 4 is 95.6 Å². The summed E-state index contributed by atoms with van der Waals surface area (Å²) in [4.78, 5) is 0. The summed E-state index contributed by atoms with van der Waals surface area (Å²) in [6.07, 6.45) is 17.0. The van der Waals surface area contributed by atoms with E-state index in [4.69, 9.17) is 0 Å². The van der Waals surface area contributed by atoms with Crippen molar-refractivity contribution in [3.8, 4) is 0 Å². The predicted molar refractivity (Wildman–Crippen MR) is 122 cm³/mol. The molecule has 0 saturated heterocycles. The van der Waals surface area contributed by atoms with Gasteiger partial charge >= 0.3 is 0 Å². The first-order valence-corrected chi connectivity index (χ1v) is 13.1. The van der Waals surface area contributed by atoms with Crippen molar-refractivity contribution in [1.82, 2.24) is 0 Å². The lowest BCUT2D eigenvalue weighted by atomic mass is 10.0. The van der Waals surface area contributed by atoms with Gasteiger partial charge in [-0.1, -0.05) is 166 Å². The summed E-state index contributed by atoms with van der Waals surface area (Å²) in [6, 6.07) is 0. The minimum absolute atomic E-state index is 0.197. The van der Waals surface area contributed by atoms with E-state index in [0.717, 1.165) is 12.8 Å². The van der Waals surface area contributed by atoms with E-state index < -0.39 is 0 Å². The largest absolute Gasteiger partial charge is 0.130 e. The van der Waals surface area contributed by atoms with E-state index in [0.29, 0.717) is 0 Å². The van der Waals surface area contributed by atoms with E-state index in [1.165, 1.54) is 70.6 Å². The van der Waals surface area contributed by atoms with Crippen LogP contribution in [0.15, 0.2) is 0 Å². The quantitative estimate of drug-likeness (QED) is 0.221. The van der Waals surface area contributed by atoms with E-state index in [1.807, 2.05) is 0 Å². The smallest absolute Gasteiger partial charge is 0.0701 e. The van der Waals surface area contributed by atoms with Crippen molar-refractivity contribution in [2.24, 2.45) is 0 Å². The Bertz CT molecular complexity index is 286. The lowest BCUT2D eigenvalue weighted by molar-refractivity contribution is 0.502. The van der Waals surface area contributed by atoms with Gasteiger partial charge in [-0.2, -0.15) is 0 Å². The maximum atomic E-state index is 3.92. The molecule has 1 fully saturated rings. The summed E-state index contributed by atoms with van der Waals surface area (Å²) in [6.45, 7) is 0. The lowest BCUT2D eigenvalue weighted by Crippen LogP contribution is -2.47. The number of rotatable bonds is 0. The molecule has 1 saturated carbocycles. The molecule has 0 bridgehead atoms. The minimum atomic E-state index is -0.308. The summed E-state index contributed by atoms with van der Waals surface area (Å²) in [7, 11) is 0. The molecule has 0 atom stereocenters. The van der Waals surface area contributed by atoms with E-state index >= 15 is 0 Å². The van der Waals surface area contributed by atoms with Gasteiger partial charge in [0.05, 0.1) is 0 Å². The van der Waals surface area contributed by atoms with Crippen molar-refractivity contribution in [2.45, 2.75) is 93.2 Å². The molecule has 0 unspecified atom stereocenters. The van der Waals surface area contributed by atoms with Crippen LogP contribution in [0.2, 0.25) is 0 Å². The first-order chi connectivity index (χ1) is 10.2. The monoisotopic (exact) mass is 692 g/mol. The molecule has 0 amide bonds. The Labute approximate surface area is 186 Å². The van der Waals surface area contributed by atoms with Gasteiger partial charge in [-0.3, -0.25) is 0 Å². The highest BCUT2D eigenvalue weighted by molar-refractivity contribution is 9.33. The van der Waals surface area contributed by atoms with Crippen molar-refractivity contribution in [3.05, 3.63) is 0 Å². The summed E-state index contributed by atoms with van der Waals surface area (Å²) in [5.41, 5.74) is 0. The average Bonchev–Trinajstić information content (AvgIpc) is 2.42. The predicted octanol–water partition coefficient (Wildman–Crippen LogP) is 9.53. The molecule has 0 aromatic heterocycles. The molecule has 0 aromatic carbocycles. The molecule has 0 nitrogen and oxygen atoms in total. The van der Waals surface area contributed by atoms with Crippen LogP contribution in [-0.2, 0) is 0 Å². The Hall–Kier alpha value is 2.88. The topological polar surface area (TPSA) is 0 Å². The van der Waals surface area contributed by atoms with Crippen LogP contribution in [0.4, 0.5) is 0 Å². The van der Waals surface area contributed by atoms with Crippen LogP contribution in [0.5, 0.6) is 0 Å². The van der Waals surface area contributed by atoms with Gasteiger partial charge in [0, 0.05) is 0 Å². The molecule has 0 radical (unpaired) electrons. The third kappa shape index (κ3) is 7.25. The fraction of sp³-hybridized carbons (Fsp3) is 1.00. The van der Waals surface area contributed by atoms with Gasteiger partial charge in [-0.25, -0.2) is 0 Å². The Kier molecular flexibility index (Phi) is 11.3. The molecule has 6 heteroatoms. The maximum absolute atomic E-state index is 3.92. The zero-order valence-electron chi connectivity index (χ0n) is 13.0. The molecule has 0 N–H and O–H groups in total. The van der Waals surface area contributed by atoms with Crippen LogP contribution in [0, 0.1) is 0 Å². The van der Waals surface area contributed by atoms with Crippen molar-refractivity contribution in [1.29, 1.82) is 0 Å². The lowest BCUT2D eigenvalue weighted by Gasteiger charge is -2.43. The second-order valence-electron chi connectivity index (χ2n) is 6.37. The number of hydrogen-bond donors (Lipinski definition) is 0. The van der Waals surface area contributed by atoms with E-state index in [9.17, 15) is 0 Å². The standard InChI is InChI=1S/C16H26Br6/c17-14(18)12-10-8-6-4-2-1-3-5-7-9-11-13-15(19,20)16(14,21)22/h1-13H2. The molecule has 1 aliphatic rings. The molecule has 0 aliphatic heterocycles. The second-order valence-corrected chi connectivity index (χ2v) is 17.4. The van der Waals surface area contributed by atoms with E-state index in [2.05, 4.69) is 95.6 Å². The second kappa shape index (κ2) is 10.9. The van der Waals surface area contributed by atoms with Crippen molar-refractivity contribution in [2.75, 3.05) is 0 Å². The normalized spacial score (nSPS) is 28.1. The van der Waals surface area contributed by atoms with Gasteiger partial charge in [-0.05, 0) is 12.8 Å². The highest BCUT2D eigenvalue weighted by Crippen LogP contribution is 2.63. The third-order valence-electron chi connectivity index (χ3n) is 4.40. The van der Waals surface area contributed by atoms with Crippen LogP contribution in [0.25, 0.3) is 0 Å². The van der Waals surface area contributed by atoms with Crippen LogP contribution < -0.4 is 0 Å². The molecular formula is C16H26Br6. The van der Waals surface area contributed by atoms with Gasteiger partial charge in [0.15, 0.2) is 0 Å². The molecule has 132 valence electrons. The summed E-state index contributed by atoms with van der Waals surface area (Å²) in [5.74, 6) is 0. The number of alkyl halides is 6. The maximum Gasteiger partial charge on any atom is 0.130 e. The summed E-state index contributed by atoms with van der Waals surface area (Å²) in [5, 5.41) is 0. The van der Waals surface area contributed by atoms with Crippen molar-refractivity contribution < 1.29 is 0 Å². The first kappa shape index (κ1) is 22.9. The summed E-state index contributed by atoms with van der Waals surface area (Å²) < 4.78 is -0.703. The molecule has 0 spiro atoms. The van der Waals surface area contributed by atoms with Gasteiger partial charge < -0.3 is 0 Å². The molecule has 0 heterocycles. The van der Waals surface area contributed by atoms with Gasteiger partial charge in [0.25, 0.3) is 0 Å². The molecule has 0 aromatic rings. The van der Waals surface area contributed by atoms with Gasteiger partial charge in [-0.15, -0.1) is 0 Å². The Balaban J connectivity index is 2.69. The Morgan fingerprint density at radius 1 is 0.364 bits per heavy atom. The van der Waals surface area contributed by atoms with Crippen LogP contribution in [-0.4, -0.2) is 9.70 Å². The van der Waals surface area contributed by atoms with E-state index in [-0.39, 0.29) is 9.70 Å². The minimum Gasteiger partial charge on any atom is -0.0701 e. The summed E-state index contributed by atoms with van der Waals surface area (Å²) >= 11 is 23.5. The van der Waals surface area contributed by atoms with Crippen LogP contribution >= 0.6 is 95.6 Å². The Morgan fingerprint density at radius 2 is 0.591 bits per heavy atom. The fourth-order valence-electron chi connectivity index (χ4n) is 2.87. The van der Waals surface area contributed by atoms with E-state index in [1.54, 1.807) is 0 Å². The van der Waals surface area contributed by atoms with Crippen LogP contribution in [0.1, 0.15) is 83.5 Å². The van der Waals surface area contributed by atoms with Gasteiger partial charge in [0.2, 0.25) is 0 Å². The van der Waals surface area contributed by atoms with Gasteiger partial charge in [0.1, 0.15) is 9.70 Å². The zero-order valence-corrected chi connectivity index (χ0v) is 22.5. The zero-order chi connectivity index (χ0) is 16.7. The number of hydrogen-bond acceptors (Lipinski definition) is 0. The highest BCUT2D eigenvalue weighted by Gasteiger charge is 2.56. The number of halogens is 6. The fourth-order valence-corrected chi connectivity index (χ4v) is 7.20. The Morgan fingerprint density at radius 3 is 0.864 bits per heavy atom. The highest BCUT2D eigenvalue weighted by atomic mass is 79.9. The molecular weight excluding hydrogens is 672 g/mol. The molecule has 1 rings (SSSR count).